The Bertz CT molecular complexity index is 3290. The molecule has 0 saturated heterocycles. The molecule has 0 atom stereocenters. The summed E-state index contributed by atoms with van der Waals surface area (Å²) in [6.45, 7) is -4.77. The van der Waals surface area contributed by atoms with Crippen molar-refractivity contribution in [2.45, 2.75) is 55.1 Å². The van der Waals surface area contributed by atoms with Crippen LogP contribution in [-0.4, -0.2) is 18.4 Å². The van der Waals surface area contributed by atoms with E-state index in [2.05, 4.69) is 4.98 Å². The Morgan fingerprint density at radius 3 is 1.83 bits per heavy atom. The summed E-state index contributed by atoms with van der Waals surface area (Å²) in [7, 11) is 1.75. The molecule has 5 aromatic carbocycles. The fraction of sp³-hybridized carbons (Fsp3) is 0.184. The van der Waals surface area contributed by atoms with Crippen LogP contribution in [0.2, 0.25) is 0 Å². The molecule has 0 saturated carbocycles. The molecule has 54 heavy (non-hydrogen) atoms. The summed E-state index contributed by atoms with van der Waals surface area (Å²) in [5.41, 5.74) is 9.10. The first kappa shape index (κ1) is 23.2. The van der Waals surface area contributed by atoms with E-state index in [0.29, 0.717) is 60.9 Å². The zero-order valence-electron chi connectivity index (χ0n) is 42.8. The molecule has 8 aromatic rings. The van der Waals surface area contributed by atoms with Crippen LogP contribution in [0.1, 0.15) is 61.1 Å². The quantitative estimate of drug-likeness (QED) is 0.146. The van der Waals surface area contributed by atoms with E-state index in [1.807, 2.05) is 82.3 Å². The standard InChI is InChI=1S/C49H45B2N2O/c1-28-20-21-36-39-26-52-35(8)23-45(39)54-49(36)46(28)44-25-38(34(7)27-53(44)9)37-24-43-42(22-33(37)6)50(47-29(2)14-12-15-30(47)3)40-18-10-11-19-41(40)51(43)48-31(4)16-13-17-32(48)5/h10-27H,1-9H3/q+1/i2D3,4D3,6D3,7D3. The van der Waals surface area contributed by atoms with Gasteiger partial charge in [0.05, 0.1) is 5.56 Å². The van der Waals surface area contributed by atoms with Crippen LogP contribution in [0.4, 0.5) is 0 Å². The maximum Gasteiger partial charge on any atom is 0.240 e. The minimum absolute atomic E-state index is 0.0968. The van der Waals surface area contributed by atoms with Crippen LogP contribution >= 0.6 is 0 Å². The summed E-state index contributed by atoms with van der Waals surface area (Å²) >= 11 is 0. The second-order valence-corrected chi connectivity index (χ2v) is 14.7. The smallest absolute Gasteiger partial charge is 0.240 e. The number of furan rings is 1. The minimum atomic E-state index is -2.82. The molecule has 4 heterocycles. The number of rotatable bonds is 4. The van der Waals surface area contributed by atoms with Gasteiger partial charge in [0.1, 0.15) is 18.2 Å². The van der Waals surface area contributed by atoms with E-state index in [1.165, 1.54) is 6.20 Å². The van der Waals surface area contributed by atoms with Crippen LogP contribution in [0.15, 0.2) is 114 Å². The van der Waals surface area contributed by atoms with Gasteiger partial charge in [-0.2, -0.15) is 0 Å². The maximum absolute atomic E-state index is 9.15. The Hall–Kier alpha value is -5.67. The minimum Gasteiger partial charge on any atom is -0.455 e. The SMILES string of the molecule is [2H]C([2H])([2H])c1cc2c(cc1-c1cc(-c3c(C)ccc4c3oc3cc(C)ncc34)[n+](C)cc1C([2H])([2H])[2H])B(c1c(C)cccc1C([2H])([2H])[2H])c1ccccc1B2c1c(C)cccc1C([2H])([2H])[2H]. The number of hydrogen-bond donors (Lipinski definition) is 0. The monoisotopic (exact) mass is 711 g/mol. The van der Waals surface area contributed by atoms with Crippen LogP contribution in [0, 0.1) is 55.1 Å². The van der Waals surface area contributed by atoms with Crippen molar-refractivity contribution in [2.24, 2.45) is 7.05 Å². The van der Waals surface area contributed by atoms with Crippen molar-refractivity contribution in [1.29, 1.82) is 0 Å². The third-order valence-electron chi connectivity index (χ3n) is 11.4. The lowest BCUT2D eigenvalue weighted by atomic mass is 9.20. The van der Waals surface area contributed by atoms with Crippen molar-refractivity contribution >= 4 is 68.1 Å². The Morgan fingerprint density at radius 2 is 1.19 bits per heavy atom. The van der Waals surface area contributed by atoms with Gasteiger partial charge < -0.3 is 4.42 Å². The zero-order valence-corrected chi connectivity index (χ0v) is 30.8. The van der Waals surface area contributed by atoms with Gasteiger partial charge >= 0.3 is 0 Å². The molecule has 9 rings (SSSR count). The lowest BCUT2D eigenvalue weighted by Gasteiger charge is -2.35. The summed E-state index contributed by atoms with van der Waals surface area (Å²) in [4.78, 5) is 4.50. The van der Waals surface area contributed by atoms with Crippen LogP contribution < -0.4 is 37.3 Å². The van der Waals surface area contributed by atoms with Crippen molar-refractivity contribution in [3.8, 4) is 22.4 Å². The second-order valence-electron chi connectivity index (χ2n) is 14.7. The first-order valence-electron chi connectivity index (χ1n) is 24.2. The van der Waals surface area contributed by atoms with Crippen LogP contribution in [-0.2, 0) is 7.05 Å². The van der Waals surface area contributed by atoms with Gasteiger partial charge in [-0.3, -0.25) is 4.98 Å². The molecular formula is C49H45B2N2O+. The summed E-state index contributed by atoms with van der Waals surface area (Å²) in [5.74, 6) is 0. The van der Waals surface area contributed by atoms with Crippen molar-refractivity contribution < 1.29 is 25.4 Å². The van der Waals surface area contributed by atoms with Crippen molar-refractivity contribution in [1.82, 2.24) is 4.98 Å². The summed E-state index contributed by atoms with van der Waals surface area (Å²) in [6.07, 6.45) is 3.28. The molecule has 262 valence electrons. The number of hydrogen-bond acceptors (Lipinski definition) is 2. The fourth-order valence-electron chi connectivity index (χ4n) is 8.85. The maximum atomic E-state index is 9.15. The van der Waals surface area contributed by atoms with E-state index in [4.69, 9.17) is 20.9 Å². The van der Waals surface area contributed by atoms with Crippen molar-refractivity contribution in [3.05, 3.63) is 154 Å². The van der Waals surface area contributed by atoms with E-state index >= 15 is 0 Å². The molecule has 1 aliphatic rings. The molecule has 0 fully saturated rings. The third kappa shape index (κ3) is 5.20. The Balaban J connectivity index is 1.45. The van der Waals surface area contributed by atoms with Crippen molar-refractivity contribution in [2.75, 3.05) is 0 Å². The molecule has 0 aliphatic carbocycles. The van der Waals surface area contributed by atoms with Gasteiger partial charge in [-0.05, 0) is 77.4 Å². The fourth-order valence-corrected chi connectivity index (χ4v) is 8.85. The Labute approximate surface area is 336 Å². The number of aromatic nitrogens is 2. The van der Waals surface area contributed by atoms with Gasteiger partial charge in [0, 0.05) is 56.8 Å². The van der Waals surface area contributed by atoms with Crippen LogP contribution in [0.25, 0.3) is 44.3 Å². The first-order chi connectivity index (χ1) is 30.9. The lowest BCUT2D eigenvalue weighted by Crippen LogP contribution is -2.76. The average Bonchev–Trinajstić information content (AvgIpc) is 3.59. The van der Waals surface area contributed by atoms with Gasteiger partial charge in [-0.15, -0.1) is 0 Å². The molecule has 0 amide bonds. The number of fused-ring (bicyclic) bond motifs is 5. The van der Waals surface area contributed by atoms with Crippen LogP contribution in [0.3, 0.4) is 0 Å². The predicted molar refractivity (Wildman–Crippen MR) is 230 cm³/mol. The summed E-state index contributed by atoms with van der Waals surface area (Å²) < 4.78 is 115. The van der Waals surface area contributed by atoms with Crippen molar-refractivity contribution in [3.63, 3.8) is 0 Å². The number of benzene rings is 5. The second kappa shape index (κ2) is 12.7. The van der Waals surface area contributed by atoms with Crippen LogP contribution in [0.5, 0.6) is 0 Å². The molecule has 0 spiro atoms. The summed E-state index contributed by atoms with van der Waals surface area (Å²) in [6, 6.07) is 28.6. The zero-order chi connectivity index (χ0) is 47.6. The van der Waals surface area contributed by atoms with E-state index in [9.17, 15) is 0 Å². The predicted octanol–water partition coefficient (Wildman–Crippen LogP) is 6.95. The molecule has 0 bridgehead atoms. The highest BCUT2D eigenvalue weighted by atomic mass is 16.3. The Morgan fingerprint density at radius 1 is 0.574 bits per heavy atom. The molecule has 3 aromatic heterocycles. The van der Waals surface area contributed by atoms with E-state index < -0.39 is 40.8 Å². The molecule has 0 N–H and O–H groups in total. The normalized spacial score (nSPS) is 16.7. The van der Waals surface area contributed by atoms with E-state index in [1.54, 1.807) is 60.3 Å². The number of aryl methyl sites for hydroxylation is 9. The average molecular weight is 712 g/mol. The van der Waals surface area contributed by atoms with Gasteiger partial charge in [-0.25, -0.2) is 4.57 Å². The third-order valence-corrected chi connectivity index (χ3v) is 11.4. The van der Waals surface area contributed by atoms with Gasteiger partial charge in [0.2, 0.25) is 19.1 Å². The highest BCUT2D eigenvalue weighted by molar-refractivity contribution is 7.11. The van der Waals surface area contributed by atoms with E-state index in [0.717, 1.165) is 27.5 Å². The first-order valence-corrected chi connectivity index (χ1v) is 18.2. The number of nitrogens with zero attached hydrogens (tertiary/aromatic N) is 2. The molecule has 1 aliphatic heterocycles. The van der Waals surface area contributed by atoms with Gasteiger partial charge in [-0.1, -0.05) is 140 Å². The Kier molecular flexibility index (Phi) is 5.47. The highest BCUT2D eigenvalue weighted by Gasteiger charge is 2.41. The highest BCUT2D eigenvalue weighted by Crippen LogP contribution is 2.38. The largest absolute Gasteiger partial charge is 0.455 e. The molecule has 0 radical (unpaired) electrons. The lowest BCUT2D eigenvalue weighted by molar-refractivity contribution is -0.660. The van der Waals surface area contributed by atoms with Gasteiger partial charge in [0.15, 0.2) is 6.20 Å². The number of pyridine rings is 2. The molecular weight excluding hydrogens is 654 g/mol. The molecule has 0 unspecified atom stereocenters. The van der Waals surface area contributed by atoms with E-state index in [-0.39, 0.29) is 33.4 Å². The van der Waals surface area contributed by atoms with Gasteiger partial charge in [0.25, 0.3) is 0 Å². The topological polar surface area (TPSA) is 29.9 Å². The summed E-state index contributed by atoms with van der Waals surface area (Å²) in [5, 5.41) is 1.61. The molecule has 3 nitrogen and oxygen atoms in total. The molecule has 5 heteroatoms.